The molecule has 7 nitrogen and oxygen atoms in total. The minimum Gasteiger partial charge on any atom is -0.438 e. The van der Waals surface area contributed by atoms with E-state index in [1.54, 1.807) is 6.20 Å². The summed E-state index contributed by atoms with van der Waals surface area (Å²) in [5, 5.41) is 13.4. The first-order valence-corrected chi connectivity index (χ1v) is 7.03. The Labute approximate surface area is 122 Å². The van der Waals surface area contributed by atoms with Gasteiger partial charge in [-0.2, -0.15) is 0 Å². The van der Waals surface area contributed by atoms with Gasteiger partial charge in [0, 0.05) is 12.4 Å². The molecule has 0 aromatic carbocycles. The van der Waals surface area contributed by atoms with Crippen LogP contribution in [0.2, 0.25) is 0 Å². The molecule has 1 fully saturated rings. The number of nitrogens with zero attached hydrogens (tertiary/aromatic N) is 3. The number of amides is 1. The molecular weight excluding hydrogens is 272 g/mol. The van der Waals surface area contributed by atoms with E-state index in [1.165, 1.54) is 12.6 Å². The number of aryl methyl sites for hydroxylation is 1. The molecule has 1 aliphatic rings. The first-order chi connectivity index (χ1) is 10.2. The van der Waals surface area contributed by atoms with Gasteiger partial charge < -0.3 is 19.4 Å². The number of aliphatic hydroxyl groups excluding tert-OH is 1. The van der Waals surface area contributed by atoms with E-state index in [4.69, 9.17) is 4.42 Å². The lowest BCUT2D eigenvalue weighted by Gasteiger charge is -2.36. The van der Waals surface area contributed by atoms with Crippen LogP contribution in [-0.2, 0) is 0 Å². The van der Waals surface area contributed by atoms with E-state index in [2.05, 4.69) is 15.3 Å². The fraction of sp³-hybridized carbons (Fsp3) is 0.500. The molecular formula is C14H18N4O3. The number of aliphatic hydroxyl groups is 1. The van der Waals surface area contributed by atoms with E-state index < -0.39 is 6.10 Å². The largest absolute Gasteiger partial charge is 0.438 e. The third-order valence-corrected chi connectivity index (χ3v) is 4.01. The van der Waals surface area contributed by atoms with Crippen LogP contribution in [0.4, 0.5) is 0 Å². The maximum atomic E-state index is 12.0. The van der Waals surface area contributed by atoms with Gasteiger partial charge in [-0.1, -0.05) is 0 Å². The Kier molecular flexibility index (Phi) is 3.74. The molecule has 2 aromatic rings. The number of aromatic nitrogens is 3. The van der Waals surface area contributed by atoms with Gasteiger partial charge in [0.05, 0.1) is 24.4 Å². The van der Waals surface area contributed by atoms with Crippen molar-refractivity contribution in [1.82, 2.24) is 19.9 Å². The molecule has 1 saturated carbocycles. The second-order valence-corrected chi connectivity index (χ2v) is 5.32. The fourth-order valence-electron chi connectivity index (χ4n) is 2.92. The van der Waals surface area contributed by atoms with Gasteiger partial charge in [-0.3, -0.25) is 4.79 Å². The van der Waals surface area contributed by atoms with Crippen LogP contribution in [0.3, 0.4) is 0 Å². The Hall–Kier alpha value is -2.15. The number of nitrogens with one attached hydrogen (secondary N) is 1. The van der Waals surface area contributed by atoms with Crippen LogP contribution in [0.25, 0.3) is 0 Å². The maximum absolute atomic E-state index is 12.0. The molecule has 3 rings (SSSR count). The molecule has 0 unspecified atom stereocenters. The summed E-state index contributed by atoms with van der Waals surface area (Å²) in [4.78, 5) is 19.9. The van der Waals surface area contributed by atoms with Gasteiger partial charge in [-0.15, -0.1) is 0 Å². The van der Waals surface area contributed by atoms with Crippen LogP contribution in [0.1, 0.15) is 41.7 Å². The van der Waals surface area contributed by atoms with E-state index in [-0.39, 0.29) is 23.8 Å². The summed E-state index contributed by atoms with van der Waals surface area (Å²) in [7, 11) is 0. The summed E-state index contributed by atoms with van der Waals surface area (Å²) in [6, 6.07) is -0.371. The predicted octanol–water partition coefficient (Wildman–Crippen LogP) is 1.06. The topological polar surface area (TPSA) is 93.2 Å². The van der Waals surface area contributed by atoms with Crippen molar-refractivity contribution in [3.8, 4) is 0 Å². The lowest BCUT2D eigenvalue weighted by Crippen LogP contribution is -2.49. The van der Waals surface area contributed by atoms with Gasteiger partial charge in [0.2, 0.25) is 5.76 Å². The summed E-state index contributed by atoms with van der Waals surface area (Å²) >= 11 is 0. The van der Waals surface area contributed by atoms with Gasteiger partial charge in [-0.05, 0) is 26.2 Å². The molecule has 2 N–H and O–H groups in total. The van der Waals surface area contributed by atoms with Crippen molar-refractivity contribution < 1.29 is 14.3 Å². The van der Waals surface area contributed by atoms with Crippen LogP contribution >= 0.6 is 0 Å². The van der Waals surface area contributed by atoms with Gasteiger partial charge in [-0.25, -0.2) is 9.97 Å². The summed E-state index contributed by atoms with van der Waals surface area (Å²) in [6.45, 7) is 1.91. The molecule has 1 aliphatic carbocycles. The highest BCUT2D eigenvalue weighted by Gasteiger charge is 2.34. The summed E-state index contributed by atoms with van der Waals surface area (Å²) in [5.41, 5.74) is 0. The first-order valence-electron chi connectivity index (χ1n) is 7.03. The van der Waals surface area contributed by atoms with Crippen molar-refractivity contribution in [2.24, 2.45) is 0 Å². The van der Waals surface area contributed by atoms with Crippen LogP contribution < -0.4 is 5.32 Å². The third-order valence-electron chi connectivity index (χ3n) is 4.01. The number of hydrogen-bond acceptors (Lipinski definition) is 5. The lowest BCUT2D eigenvalue weighted by atomic mass is 9.87. The Morgan fingerprint density at radius 2 is 2.38 bits per heavy atom. The van der Waals surface area contributed by atoms with Crippen LogP contribution in [-0.4, -0.2) is 37.7 Å². The quantitative estimate of drug-likeness (QED) is 0.881. The van der Waals surface area contributed by atoms with Gasteiger partial charge >= 0.3 is 0 Å². The minimum absolute atomic E-state index is 0.0683. The number of imidazole rings is 1. The number of oxazole rings is 1. The molecule has 0 spiro atoms. The smallest absolute Gasteiger partial charge is 0.289 e. The van der Waals surface area contributed by atoms with Gasteiger partial charge in [0.15, 0.2) is 6.39 Å². The molecule has 3 atom stereocenters. The Balaban J connectivity index is 1.72. The summed E-state index contributed by atoms with van der Waals surface area (Å²) in [6.07, 6.45) is 8.05. The monoisotopic (exact) mass is 290 g/mol. The predicted molar refractivity (Wildman–Crippen MR) is 73.6 cm³/mol. The number of carbonyl (C=O) groups excluding carboxylic acids is 1. The molecule has 2 heterocycles. The average Bonchev–Trinajstić information content (AvgIpc) is 3.12. The zero-order valence-electron chi connectivity index (χ0n) is 11.8. The molecule has 1 amide bonds. The summed E-state index contributed by atoms with van der Waals surface area (Å²) < 4.78 is 6.94. The highest BCUT2D eigenvalue weighted by Crippen LogP contribution is 2.30. The third kappa shape index (κ3) is 2.69. The van der Waals surface area contributed by atoms with Gasteiger partial charge in [0.1, 0.15) is 5.82 Å². The molecule has 0 aliphatic heterocycles. The maximum Gasteiger partial charge on any atom is 0.289 e. The van der Waals surface area contributed by atoms with E-state index in [0.29, 0.717) is 0 Å². The summed E-state index contributed by atoms with van der Waals surface area (Å²) in [5.74, 6) is 0.670. The van der Waals surface area contributed by atoms with Crippen molar-refractivity contribution in [3.63, 3.8) is 0 Å². The van der Waals surface area contributed by atoms with Crippen molar-refractivity contribution in [3.05, 3.63) is 36.6 Å². The van der Waals surface area contributed by atoms with E-state index in [1.807, 2.05) is 17.7 Å². The number of hydrogen-bond donors (Lipinski definition) is 2. The van der Waals surface area contributed by atoms with E-state index in [0.717, 1.165) is 25.1 Å². The second kappa shape index (κ2) is 5.69. The zero-order valence-corrected chi connectivity index (χ0v) is 11.8. The molecule has 2 aromatic heterocycles. The zero-order chi connectivity index (χ0) is 14.8. The lowest BCUT2D eigenvalue weighted by molar-refractivity contribution is 0.0385. The second-order valence-electron chi connectivity index (χ2n) is 5.32. The Morgan fingerprint density at radius 3 is 3.05 bits per heavy atom. The van der Waals surface area contributed by atoms with E-state index in [9.17, 15) is 9.90 Å². The van der Waals surface area contributed by atoms with Crippen molar-refractivity contribution in [2.75, 3.05) is 0 Å². The molecule has 0 bridgehead atoms. The van der Waals surface area contributed by atoms with Gasteiger partial charge in [0.25, 0.3) is 5.91 Å². The highest BCUT2D eigenvalue weighted by atomic mass is 16.3. The highest BCUT2D eigenvalue weighted by molar-refractivity contribution is 5.91. The Bertz CT molecular complexity index is 608. The van der Waals surface area contributed by atoms with Crippen LogP contribution in [0.15, 0.2) is 29.4 Å². The SMILES string of the molecule is Cc1nccn1[C@@H]1CCC[C@@H](NC(=O)c2cnco2)[C@H]1O. The Morgan fingerprint density at radius 1 is 1.52 bits per heavy atom. The van der Waals surface area contributed by atoms with Crippen molar-refractivity contribution in [2.45, 2.75) is 44.4 Å². The van der Waals surface area contributed by atoms with Crippen LogP contribution in [0, 0.1) is 6.92 Å². The molecule has 0 radical (unpaired) electrons. The normalized spacial score (nSPS) is 25.7. The number of carbonyl (C=O) groups is 1. The first kappa shape index (κ1) is 13.8. The molecule has 7 heteroatoms. The fourth-order valence-corrected chi connectivity index (χ4v) is 2.92. The average molecular weight is 290 g/mol. The van der Waals surface area contributed by atoms with Crippen LogP contribution in [0.5, 0.6) is 0 Å². The standard InChI is InChI=1S/C14H18N4O3/c1-9-16-5-6-18(9)11-4-2-3-10(13(11)19)17-14(20)12-7-15-8-21-12/h5-8,10-11,13,19H,2-4H2,1H3,(H,17,20)/t10-,11-,13-/m1/s1. The number of rotatable bonds is 3. The molecule has 112 valence electrons. The van der Waals surface area contributed by atoms with Crippen molar-refractivity contribution >= 4 is 5.91 Å². The molecule has 21 heavy (non-hydrogen) atoms. The van der Waals surface area contributed by atoms with E-state index >= 15 is 0 Å². The molecule has 0 saturated heterocycles. The minimum atomic E-state index is -0.654. The van der Waals surface area contributed by atoms with Crippen molar-refractivity contribution in [1.29, 1.82) is 0 Å².